The summed E-state index contributed by atoms with van der Waals surface area (Å²) in [7, 11) is 0. The van der Waals surface area contributed by atoms with Crippen LogP contribution in [0.1, 0.15) is 43.0 Å². The highest BCUT2D eigenvalue weighted by Gasteiger charge is 2.29. The summed E-state index contributed by atoms with van der Waals surface area (Å²) in [6, 6.07) is 12.9. The molecule has 4 rings (SSSR count). The Morgan fingerprint density at radius 3 is 2.61 bits per heavy atom. The van der Waals surface area contributed by atoms with Crippen LogP contribution in [0.15, 0.2) is 58.0 Å². The van der Waals surface area contributed by atoms with Gasteiger partial charge in [-0.15, -0.1) is 0 Å². The van der Waals surface area contributed by atoms with E-state index in [1.165, 1.54) is 6.07 Å². The minimum atomic E-state index is -0.176. The molecule has 3 heterocycles. The van der Waals surface area contributed by atoms with Crippen molar-refractivity contribution in [1.82, 2.24) is 20.0 Å². The lowest BCUT2D eigenvalue weighted by molar-refractivity contribution is -0.133. The Morgan fingerprint density at radius 1 is 1.18 bits per heavy atom. The van der Waals surface area contributed by atoms with Gasteiger partial charge >= 0.3 is 0 Å². The zero-order valence-corrected chi connectivity index (χ0v) is 15.7. The van der Waals surface area contributed by atoms with Crippen molar-refractivity contribution in [1.29, 1.82) is 0 Å². The lowest BCUT2D eigenvalue weighted by atomic mass is 9.93. The highest BCUT2D eigenvalue weighted by Crippen LogP contribution is 2.29. The lowest BCUT2D eigenvalue weighted by Crippen LogP contribution is -2.40. The molecule has 0 radical (unpaired) electrons. The first-order chi connectivity index (χ1) is 13.6. The van der Waals surface area contributed by atoms with E-state index in [-0.39, 0.29) is 23.3 Å². The zero-order chi connectivity index (χ0) is 19.5. The number of piperidine rings is 1. The van der Waals surface area contributed by atoms with E-state index < -0.39 is 0 Å². The van der Waals surface area contributed by atoms with E-state index in [0.717, 1.165) is 18.4 Å². The number of hydrogen-bond donors (Lipinski definition) is 1. The molecule has 7 nitrogen and oxygen atoms in total. The summed E-state index contributed by atoms with van der Waals surface area (Å²) in [5, 5.41) is 4.11. The van der Waals surface area contributed by atoms with Gasteiger partial charge in [-0.3, -0.25) is 9.59 Å². The van der Waals surface area contributed by atoms with Gasteiger partial charge in [0.1, 0.15) is 0 Å². The second kappa shape index (κ2) is 7.80. The van der Waals surface area contributed by atoms with Gasteiger partial charge < -0.3 is 14.4 Å². The second-order valence-corrected chi connectivity index (χ2v) is 7.13. The number of hydrogen-bond acceptors (Lipinski definition) is 5. The number of H-pyrrole nitrogens is 1. The molecule has 1 aliphatic rings. The van der Waals surface area contributed by atoms with Crippen molar-refractivity contribution >= 4 is 5.91 Å². The van der Waals surface area contributed by atoms with Gasteiger partial charge in [-0.05, 0) is 31.4 Å². The van der Waals surface area contributed by atoms with Crippen LogP contribution < -0.4 is 5.56 Å². The van der Waals surface area contributed by atoms with Crippen LogP contribution in [0, 0.1) is 0 Å². The average molecular weight is 378 g/mol. The Balaban J connectivity index is 1.38. The number of benzene rings is 1. The standard InChI is InChI=1S/C21H22N4O3/c1-14(15-5-3-2-4-6-15)21(27)25-11-9-16(10-12-25)19-23-20(28-24-19)17-7-8-18(26)22-13-17/h2-8,13-14,16H,9-12H2,1H3,(H,22,26). The topological polar surface area (TPSA) is 92.1 Å². The molecule has 1 fully saturated rings. The molecule has 1 atom stereocenters. The van der Waals surface area contributed by atoms with Crippen molar-refractivity contribution in [2.24, 2.45) is 0 Å². The van der Waals surface area contributed by atoms with E-state index in [0.29, 0.717) is 30.4 Å². The smallest absolute Gasteiger partial charge is 0.259 e. The number of nitrogens with one attached hydrogen (secondary N) is 1. The number of carbonyl (C=O) groups is 1. The summed E-state index contributed by atoms with van der Waals surface area (Å²) >= 11 is 0. The molecule has 1 amide bonds. The third-order valence-electron chi connectivity index (χ3n) is 5.31. The third-order valence-corrected chi connectivity index (χ3v) is 5.31. The van der Waals surface area contributed by atoms with Gasteiger partial charge in [0.05, 0.1) is 11.5 Å². The molecule has 0 bridgehead atoms. The number of amides is 1. The van der Waals surface area contributed by atoms with E-state index >= 15 is 0 Å². The normalized spacial score (nSPS) is 16.1. The number of likely N-dealkylation sites (tertiary alicyclic amines) is 1. The van der Waals surface area contributed by atoms with E-state index in [1.807, 2.05) is 42.2 Å². The highest BCUT2D eigenvalue weighted by atomic mass is 16.5. The van der Waals surface area contributed by atoms with E-state index in [4.69, 9.17) is 4.52 Å². The van der Waals surface area contributed by atoms with Gasteiger partial charge in [0, 0.05) is 31.3 Å². The SMILES string of the molecule is CC(C(=O)N1CCC(c2noc(-c3ccc(=O)[nH]c3)n2)CC1)c1ccccc1. The van der Waals surface area contributed by atoms with Gasteiger partial charge in [-0.2, -0.15) is 4.98 Å². The molecule has 1 unspecified atom stereocenters. The van der Waals surface area contributed by atoms with Gasteiger partial charge in [-0.25, -0.2) is 0 Å². The summed E-state index contributed by atoms with van der Waals surface area (Å²) in [4.78, 5) is 33.0. The van der Waals surface area contributed by atoms with Crippen LogP contribution in [0.25, 0.3) is 11.5 Å². The number of rotatable bonds is 4. The number of nitrogens with zero attached hydrogens (tertiary/aromatic N) is 3. The molecule has 7 heteroatoms. The number of pyridine rings is 1. The Bertz CT molecular complexity index is 983. The predicted molar refractivity (Wildman–Crippen MR) is 104 cm³/mol. The minimum Gasteiger partial charge on any atom is -0.342 e. The zero-order valence-electron chi connectivity index (χ0n) is 15.7. The lowest BCUT2D eigenvalue weighted by Gasteiger charge is -2.32. The molecule has 2 aromatic heterocycles. The van der Waals surface area contributed by atoms with E-state index in [2.05, 4.69) is 15.1 Å². The predicted octanol–water partition coefficient (Wildman–Crippen LogP) is 2.93. The van der Waals surface area contributed by atoms with Crippen molar-refractivity contribution in [3.05, 3.63) is 70.4 Å². The minimum absolute atomic E-state index is 0.144. The molecule has 144 valence electrons. The molecular weight excluding hydrogens is 356 g/mol. The molecule has 1 N–H and O–H groups in total. The van der Waals surface area contributed by atoms with Gasteiger partial charge in [0.2, 0.25) is 11.5 Å². The summed E-state index contributed by atoms with van der Waals surface area (Å²) in [6.07, 6.45) is 3.17. The van der Waals surface area contributed by atoms with Crippen molar-refractivity contribution in [2.75, 3.05) is 13.1 Å². The molecule has 1 saturated heterocycles. The number of aromatic amines is 1. The second-order valence-electron chi connectivity index (χ2n) is 7.13. The maximum absolute atomic E-state index is 12.8. The van der Waals surface area contributed by atoms with Crippen LogP contribution in [0.3, 0.4) is 0 Å². The fourth-order valence-corrected chi connectivity index (χ4v) is 3.58. The van der Waals surface area contributed by atoms with Crippen LogP contribution in [0.4, 0.5) is 0 Å². The molecule has 1 aromatic carbocycles. The summed E-state index contributed by atoms with van der Waals surface area (Å²) in [5.74, 6) is 1.23. The Labute approximate surface area is 162 Å². The maximum Gasteiger partial charge on any atom is 0.259 e. The fourth-order valence-electron chi connectivity index (χ4n) is 3.58. The quantitative estimate of drug-likeness (QED) is 0.754. The van der Waals surface area contributed by atoms with E-state index in [1.54, 1.807) is 12.3 Å². The third kappa shape index (κ3) is 3.74. The molecule has 28 heavy (non-hydrogen) atoms. The van der Waals surface area contributed by atoms with Crippen molar-refractivity contribution < 1.29 is 9.32 Å². The molecule has 0 aliphatic carbocycles. The number of aromatic nitrogens is 3. The first kappa shape index (κ1) is 18.2. The van der Waals surface area contributed by atoms with Crippen molar-refractivity contribution in [3.63, 3.8) is 0 Å². The first-order valence-electron chi connectivity index (χ1n) is 9.48. The van der Waals surface area contributed by atoms with Crippen molar-refractivity contribution in [2.45, 2.75) is 31.6 Å². The Hall–Kier alpha value is -3.22. The van der Waals surface area contributed by atoms with Crippen LogP contribution in [-0.2, 0) is 4.79 Å². The number of carbonyl (C=O) groups excluding carboxylic acids is 1. The summed E-state index contributed by atoms with van der Waals surface area (Å²) in [5.41, 5.74) is 1.55. The van der Waals surface area contributed by atoms with Gasteiger partial charge in [-0.1, -0.05) is 35.5 Å². The molecule has 0 spiro atoms. The largest absolute Gasteiger partial charge is 0.342 e. The van der Waals surface area contributed by atoms with Crippen LogP contribution in [-0.4, -0.2) is 39.0 Å². The molecular formula is C21H22N4O3. The Morgan fingerprint density at radius 2 is 1.93 bits per heavy atom. The maximum atomic E-state index is 12.8. The Kier molecular flexibility index (Phi) is 5.06. The van der Waals surface area contributed by atoms with Crippen LogP contribution in [0.5, 0.6) is 0 Å². The van der Waals surface area contributed by atoms with E-state index in [9.17, 15) is 9.59 Å². The monoisotopic (exact) mass is 378 g/mol. The molecule has 0 saturated carbocycles. The summed E-state index contributed by atoms with van der Waals surface area (Å²) < 4.78 is 5.35. The van der Waals surface area contributed by atoms with Gasteiger partial charge in [0.15, 0.2) is 5.82 Å². The highest BCUT2D eigenvalue weighted by molar-refractivity contribution is 5.83. The fraction of sp³-hybridized carbons (Fsp3) is 0.333. The summed E-state index contributed by atoms with van der Waals surface area (Å²) in [6.45, 7) is 3.33. The van der Waals surface area contributed by atoms with Crippen LogP contribution in [0.2, 0.25) is 0 Å². The molecule has 1 aliphatic heterocycles. The molecule has 3 aromatic rings. The van der Waals surface area contributed by atoms with Crippen LogP contribution >= 0.6 is 0 Å². The first-order valence-corrected chi connectivity index (χ1v) is 9.48. The van der Waals surface area contributed by atoms with Crippen molar-refractivity contribution in [3.8, 4) is 11.5 Å². The average Bonchev–Trinajstić information content (AvgIpc) is 3.24. The van der Waals surface area contributed by atoms with Gasteiger partial charge in [0.25, 0.3) is 5.89 Å².